The second kappa shape index (κ2) is 7.52. The van der Waals surface area contributed by atoms with E-state index < -0.39 is 0 Å². The van der Waals surface area contributed by atoms with Crippen LogP contribution in [0, 0.1) is 13.8 Å². The summed E-state index contributed by atoms with van der Waals surface area (Å²) in [6.07, 6.45) is 3.91. The summed E-state index contributed by atoms with van der Waals surface area (Å²) >= 11 is 1.40. The minimum Gasteiger partial charge on any atom is -0.353 e. The number of carbonyl (C=O) groups excluding carboxylic acids is 1. The van der Waals surface area contributed by atoms with Gasteiger partial charge in [-0.15, -0.1) is 10.2 Å². The van der Waals surface area contributed by atoms with Crippen LogP contribution in [0.4, 0.5) is 0 Å². The number of amides is 1. The fourth-order valence-corrected chi connectivity index (χ4v) is 3.73. The van der Waals surface area contributed by atoms with Crippen LogP contribution in [-0.4, -0.2) is 37.5 Å². The van der Waals surface area contributed by atoms with Gasteiger partial charge in [0, 0.05) is 12.2 Å². The first-order valence-electron chi connectivity index (χ1n) is 8.98. The number of nitrogens with one attached hydrogen (secondary N) is 1. The summed E-state index contributed by atoms with van der Waals surface area (Å²) in [5.41, 5.74) is 4.04. The molecular formula is C20H21N5OS. The molecule has 3 aromatic rings. The molecule has 27 heavy (non-hydrogen) atoms. The van der Waals surface area contributed by atoms with Gasteiger partial charge in [-0.2, -0.15) is 0 Å². The number of benzene rings is 1. The molecule has 138 valence electrons. The highest BCUT2D eigenvalue weighted by Gasteiger charge is 2.24. The largest absolute Gasteiger partial charge is 0.353 e. The molecule has 1 aromatic carbocycles. The van der Waals surface area contributed by atoms with Gasteiger partial charge in [-0.1, -0.05) is 23.9 Å². The molecule has 7 heteroatoms. The van der Waals surface area contributed by atoms with Gasteiger partial charge in [-0.3, -0.25) is 14.3 Å². The van der Waals surface area contributed by atoms with E-state index in [1.54, 1.807) is 6.20 Å². The number of rotatable bonds is 6. The monoisotopic (exact) mass is 379 g/mol. The van der Waals surface area contributed by atoms with Gasteiger partial charge in [0.15, 0.2) is 11.0 Å². The third-order valence-corrected chi connectivity index (χ3v) is 5.20. The molecular weight excluding hydrogens is 358 g/mol. The van der Waals surface area contributed by atoms with Crippen LogP contribution in [0.5, 0.6) is 0 Å². The van der Waals surface area contributed by atoms with Crippen molar-refractivity contribution in [1.29, 1.82) is 0 Å². The summed E-state index contributed by atoms with van der Waals surface area (Å²) in [6.45, 7) is 4.13. The average molecular weight is 379 g/mol. The summed E-state index contributed by atoms with van der Waals surface area (Å²) in [7, 11) is 0. The van der Waals surface area contributed by atoms with Crippen molar-refractivity contribution in [2.45, 2.75) is 37.9 Å². The predicted molar refractivity (Wildman–Crippen MR) is 106 cm³/mol. The number of aryl methyl sites for hydroxylation is 2. The Labute approximate surface area is 162 Å². The Kier molecular flexibility index (Phi) is 4.94. The smallest absolute Gasteiger partial charge is 0.230 e. The molecule has 1 aliphatic carbocycles. The van der Waals surface area contributed by atoms with Crippen LogP contribution in [0.15, 0.2) is 47.8 Å². The maximum atomic E-state index is 12.1. The number of nitrogens with zero attached hydrogens (tertiary/aromatic N) is 4. The van der Waals surface area contributed by atoms with E-state index in [4.69, 9.17) is 0 Å². The molecule has 1 N–H and O–H groups in total. The highest BCUT2D eigenvalue weighted by molar-refractivity contribution is 7.99. The van der Waals surface area contributed by atoms with Crippen molar-refractivity contribution in [3.05, 3.63) is 53.7 Å². The van der Waals surface area contributed by atoms with Crippen molar-refractivity contribution in [3.8, 4) is 17.2 Å². The van der Waals surface area contributed by atoms with E-state index >= 15 is 0 Å². The van der Waals surface area contributed by atoms with E-state index in [9.17, 15) is 4.79 Å². The zero-order chi connectivity index (χ0) is 18.8. The Balaban J connectivity index is 1.70. The Bertz CT molecular complexity index is 946. The zero-order valence-electron chi connectivity index (χ0n) is 15.3. The zero-order valence-corrected chi connectivity index (χ0v) is 16.2. The fraction of sp³-hybridized carbons (Fsp3) is 0.300. The first kappa shape index (κ1) is 17.7. The third kappa shape index (κ3) is 4.19. The molecule has 2 aromatic heterocycles. The van der Waals surface area contributed by atoms with Gasteiger partial charge in [-0.25, -0.2) is 0 Å². The summed E-state index contributed by atoms with van der Waals surface area (Å²) in [5, 5.41) is 12.4. The molecule has 1 amide bonds. The van der Waals surface area contributed by atoms with Gasteiger partial charge in [-0.05, 0) is 62.1 Å². The van der Waals surface area contributed by atoms with Gasteiger partial charge < -0.3 is 5.32 Å². The number of thioether (sulfide) groups is 1. The number of hydrogen-bond donors (Lipinski definition) is 1. The number of pyridine rings is 1. The molecule has 0 atom stereocenters. The topological polar surface area (TPSA) is 72.7 Å². The van der Waals surface area contributed by atoms with Crippen LogP contribution in [0.1, 0.15) is 24.0 Å². The lowest BCUT2D eigenvalue weighted by Crippen LogP contribution is -2.27. The number of hydrogen-bond acceptors (Lipinski definition) is 5. The molecule has 1 aliphatic rings. The van der Waals surface area contributed by atoms with Crippen molar-refractivity contribution < 1.29 is 4.79 Å². The second-order valence-electron chi connectivity index (χ2n) is 6.83. The Morgan fingerprint density at radius 3 is 2.63 bits per heavy atom. The highest BCUT2D eigenvalue weighted by atomic mass is 32.2. The number of aromatic nitrogens is 4. The minimum atomic E-state index is 0.0388. The molecule has 1 fully saturated rings. The molecule has 0 aliphatic heterocycles. The molecule has 0 radical (unpaired) electrons. The quantitative estimate of drug-likeness (QED) is 0.665. The van der Waals surface area contributed by atoms with E-state index in [1.165, 1.54) is 11.8 Å². The summed E-state index contributed by atoms with van der Waals surface area (Å²) in [5.74, 6) is 1.03. The van der Waals surface area contributed by atoms with Crippen molar-refractivity contribution in [2.24, 2.45) is 0 Å². The van der Waals surface area contributed by atoms with E-state index in [0.29, 0.717) is 22.8 Å². The first-order valence-corrected chi connectivity index (χ1v) is 9.96. The van der Waals surface area contributed by atoms with Gasteiger partial charge >= 0.3 is 0 Å². The van der Waals surface area contributed by atoms with Crippen molar-refractivity contribution >= 4 is 17.7 Å². The Hall–Kier alpha value is -2.67. The van der Waals surface area contributed by atoms with E-state index in [2.05, 4.69) is 52.5 Å². The highest BCUT2D eigenvalue weighted by Crippen LogP contribution is 2.28. The van der Waals surface area contributed by atoms with Crippen LogP contribution < -0.4 is 5.32 Å². The lowest BCUT2D eigenvalue weighted by atomic mass is 10.1. The Morgan fingerprint density at radius 2 is 1.96 bits per heavy atom. The normalized spacial score (nSPS) is 13.6. The summed E-state index contributed by atoms with van der Waals surface area (Å²) in [6, 6.07) is 12.4. The second-order valence-corrected chi connectivity index (χ2v) is 7.78. The molecule has 0 unspecified atom stereocenters. The van der Waals surface area contributed by atoms with Crippen molar-refractivity contribution in [2.75, 3.05) is 5.75 Å². The van der Waals surface area contributed by atoms with Crippen LogP contribution in [0.3, 0.4) is 0 Å². The lowest BCUT2D eigenvalue weighted by molar-refractivity contribution is -0.118. The van der Waals surface area contributed by atoms with Crippen molar-refractivity contribution in [3.63, 3.8) is 0 Å². The third-order valence-electron chi connectivity index (χ3n) is 4.27. The maximum absolute atomic E-state index is 12.1. The van der Waals surface area contributed by atoms with Gasteiger partial charge in [0.25, 0.3) is 0 Å². The molecule has 0 saturated heterocycles. The van der Waals surface area contributed by atoms with Gasteiger partial charge in [0.2, 0.25) is 5.91 Å². The number of carbonyl (C=O) groups is 1. The van der Waals surface area contributed by atoms with Gasteiger partial charge in [0.1, 0.15) is 5.69 Å². The van der Waals surface area contributed by atoms with Crippen LogP contribution in [0.25, 0.3) is 17.2 Å². The molecule has 0 spiro atoms. The summed E-state index contributed by atoms with van der Waals surface area (Å²) in [4.78, 5) is 16.5. The molecule has 6 nitrogen and oxygen atoms in total. The molecule has 1 saturated carbocycles. The summed E-state index contributed by atoms with van der Waals surface area (Å²) < 4.78 is 1.98. The fourth-order valence-electron chi connectivity index (χ4n) is 2.96. The predicted octanol–water partition coefficient (Wildman–Crippen LogP) is 3.32. The lowest BCUT2D eigenvalue weighted by Gasteiger charge is -2.12. The van der Waals surface area contributed by atoms with Crippen LogP contribution in [0.2, 0.25) is 0 Å². The van der Waals surface area contributed by atoms with E-state index in [1.807, 2.05) is 22.8 Å². The maximum Gasteiger partial charge on any atom is 0.230 e. The molecule has 4 rings (SSSR count). The van der Waals surface area contributed by atoms with Crippen LogP contribution in [-0.2, 0) is 4.79 Å². The SMILES string of the molecule is Cc1cc(C)cc(-n2c(SCC(=O)NC3CC3)nnc2-c2ccccn2)c1. The standard InChI is InChI=1S/C20H21N5OS/c1-13-9-14(2)11-16(10-13)25-19(17-5-3-4-8-21-17)23-24-20(25)27-12-18(26)22-15-6-7-15/h3-5,8-11,15H,6-7,12H2,1-2H3,(H,22,26). The van der Waals surface area contributed by atoms with E-state index in [0.717, 1.165) is 35.3 Å². The Morgan fingerprint density at radius 1 is 1.19 bits per heavy atom. The molecule has 0 bridgehead atoms. The first-order chi connectivity index (χ1) is 13.1. The van der Waals surface area contributed by atoms with E-state index in [-0.39, 0.29) is 5.91 Å². The molecule has 2 heterocycles. The van der Waals surface area contributed by atoms with Gasteiger partial charge in [0.05, 0.1) is 11.4 Å². The van der Waals surface area contributed by atoms with Crippen LogP contribution >= 0.6 is 11.8 Å². The van der Waals surface area contributed by atoms with Crippen molar-refractivity contribution in [1.82, 2.24) is 25.1 Å². The average Bonchev–Trinajstić information content (AvgIpc) is 3.35. The minimum absolute atomic E-state index is 0.0388.